The van der Waals surface area contributed by atoms with Crippen LogP contribution in [0.15, 0.2) is 40.9 Å². The molecule has 16 heavy (non-hydrogen) atoms. The number of rotatable bonds is 1. The van der Waals surface area contributed by atoms with Crippen LogP contribution >= 0.6 is 15.9 Å². The molecule has 0 radical (unpaired) electrons. The Bertz CT molecular complexity index is 491. The predicted octanol–water partition coefficient (Wildman–Crippen LogP) is 3.98. The Hall–Kier alpha value is -1.42. The normalized spacial score (nSPS) is 10.4. The minimum absolute atomic E-state index is 0.0421. The lowest BCUT2D eigenvalue weighted by Crippen LogP contribution is -1.96. The van der Waals surface area contributed by atoms with E-state index in [-0.39, 0.29) is 11.3 Å². The second-order valence-corrected chi connectivity index (χ2v) is 4.16. The smallest absolute Gasteiger partial charge is 0.146 e. The van der Waals surface area contributed by atoms with Gasteiger partial charge in [-0.05, 0) is 28.1 Å². The van der Waals surface area contributed by atoms with Gasteiger partial charge in [0, 0.05) is 11.1 Å². The molecular formula is C12H8BrF2N. The summed E-state index contributed by atoms with van der Waals surface area (Å²) < 4.78 is 27.3. The number of para-hydroxylation sites is 1. The molecule has 0 aliphatic rings. The van der Waals surface area contributed by atoms with Crippen LogP contribution in [-0.4, -0.2) is 0 Å². The summed E-state index contributed by atoms with van der Waals surface area (Å²) in [6.45, 7) is 0. The first-order valence-corrected chi connectivity index (χ1v) is 5.39. The van der Waals surface area contributed by atoms with Gasteiger partial charge in [0.05, 0.1) is 10.2 Å². The van der Waals surface area contributed by atoms with Crippen molar-refractivity contribution in [1.82, 2.24) is 0 Å². The summed E-state index contributed by atoms with van der Waals surface area (Å²) >= 11 is 3.08. The molecule has 0 atom stereocenters. The highest BCUT2D eigenvalue weighted by Gasteiger charge is 2.12. The number of hydrogen-bond acceptors (Lipinski definition) is 1. The van der Waals surface area contributed by atoms with Gasteiger partial charge in [0.2, 0.25) is 0 Å². The van der Waals surface area contributed by atoms with Crippen LogP contribution in [0.5, 0.6) is 0 Å². The molecule has 4 heteroatoms. The minimum Gasteiger partial charge on any atom is -0.396 e. The van der Waals surface area contributed by atoms with Crippen LogP contribution in [0, 0.1) is 11.6 Å². The van der Waals surface area contributed by atoms with E-state index < -0.39 is 11.6 Å². The molecule has 0 heterocycles. The number of nitrogens with two attached hydrogens (primary N) is 1. The Balaban J connectivity index is 2.68. The fraction of sp³-hybridized carbons (Fsp3) is 0. The van der Waals surface area contributed by atoms with Gasteiger partial charge in [-0.1, -0.05) is 24.3 Å². The largest absolute Gasteiger partial charge is 0.396 e. The average molecular weight is 284 g/mol. The van der Waals surface area contributed by atoms with Crippen molar-refractivity contribution in [3.05, 3.63) is 52.5 Å². The third-order valence-electron chi connectivity index (χ3n) is 2.29. The lowest BCUT2D eigenvalue weighted by molar-refractivity contribution is 0.623. The van der Waals surface area contributed by atoms with Crippen LogP contribution in [0.3, 0.4) is 0 Å². The maximum Gasteiger partial charge on any atom is 0.146 e. The summed E-state index contributed by atoms with van der Waals surface area (Å²) in [5.41, 5.74) is 6.18. The molecule has 1 nitrogen and oxygen atoms in total. The summed E-state index contributed by atoms with van der Waals surface area (Å²) in [7, 11) is 0. The maximum absolute atomic E-state index is 13.8. The van der Waals surface area contributed by atoms with Crippen LogP contribution in [0.4, 0.5) is 14.5 Å². The fourth-order valence-electron chi connectivity index (χ4n) is 1.48. The zero-order chi connectivity index (χ0) is 11.7. The Morgan fingerprint density at radius 3 is 2.31 bits per heavy atom. The van der Waals surface area contributed by atoms with Gasteiger partial charge < -0.3 is 5.73 Å². The molecule has 0 aliphatic heterocycles. The van der Waals surface area contributed by atoms with Gasteiger partial charge >= 0.3 is 0 Å². The van der Waals surface area contributed by atoms with Crippen molar-refractivity contribution in [2.75, 3.05) is 5.73 Å². The number of benzene rings is 2. The van der Waals surface area contributed by atoms with E-state index in [4.69, 9.17) is 5.73 Å². The third kappa shape index (κ3) is 1.80. The van der Waals surface area contributed by atoms with Crippen LogP contribution < -0.4 is 5.73 Å². The SMILES string of the molecule is Nc1c(F)cccc1-c1cccc(Br)c1F. The molecule has 0 spiro atoms. The molecule has 0 saturated carbocycles. The molecule has 2 aromatic rings. The lowest BCUT2D eigenvalue weighted by Gasteiger charge is -2.08. The van der Waals surface area contributed by atoms with Crippen molar-refractivity contribution in [2.24, 2.45) is 0 Å². The molecule has 0 aliphatic carbocycles. The molecule has 0 bridgehead atoms. The summed E-state index contributed by atoms with van der Waals surface area (Å²) in [4.78, 5) is 0. The van der Waals surface area contributed by atoms with E-state index in [0.717, 1.165) is 0 Å². The van der Waals surface area contributed by atoms with Gasteiger partial charge in [0.1, 0.15) is 11.6 Å². The van der Waals surface area contributed by atoms with Gasteiger partial charge in [-0.3, -0.25) is 0 Å². The summed E-state index contributed by atoms with van der Waals surface area (Å²) in [6, 6.07) is 9.14. The van der Waals surface area contributed by atoms with Gasteiger partial charge in [-0.15, -0.1) is 0 Å². The number of halogens is 3. The van der Waals surface area contributed by atoms with Crippen molar-refractivity contribution >= 4 is 21.6 Å². The van der Waals surface area contributed by atoms with E-state index in [1.165, 1.54) is 12.1 Å². The second-order valence-electron chi connectivity index (χ2n) is 3.30. The summed E-state index contributed by atoms with van der Waals surface area (Å²) in [6.07, 6.45) is 0. The fourth-order valence-corrected chi connectivity index (χ4v) is 1.85. The van der Waals surface area contributed by atoms with Crippen molar-refractivity contribution in [3.63, 3.8) is 0 Å². The predicted molar refractivity (Wildman–Crippen MR) is 63.9 cm³/mol. The zero-order valence-electron chi connectivity index (χ0n) is 8.18. The van der Waals surface area contributed by atoms with Gasteiger partial charge in [-0.2, -0.15) is 0 Å². The second kappa shape index (κ2) is 4.22. The molecule has 0 amide bonds. The Kier molecular flexibility index (Phi) is 2.92. The summed E-state index contributed by atoms with van der Waals surface area (Å²) in [5, 5.41) is 0. The number of anilines is 1. The van der Waals surface area contributed by atoms with E-state index in [9.17, 15) is 8.78 Å². The van der Waals surface area contributed by atoms with E-state index in [1.807, 2.05) is 0 Å². The van der Waals surface area contributed by atoms with Gasteiger partial charge in [0.15, 0.2) is 0 Å². The minimum atomic E-state index is -0.545. The van der Waals surface area contributed by atoms with Gasteiger partial charge in [-0.25, -0.2) is 8.78 Å². The Morgan fingerprint density at radius 1 is 0.938 bits per heavy atom. The molecular weight excluding hydrogens is 276 g/mol. The van der Waals surface area contributed by atoms with E-state index in [0.29, 0.717) is 10.0 Å². The highest BCUT2D eigenvalue weighted by molar-refractivity contribution is 9.10. The molecule has 0 aromatic heterocycles. The monoisotopic (exact) mass is 283 g/mol. The highest BCUT2D eigenvalue weighted by Crippen LogP contribution is 2.32. The standard InChI is InChI=1S/C12H8BrF2N/c13-9-5-1-3-7(11(9)15)8-4-2-6-10(14)12(8)16/h1-6H,16H2. The number of nitrogen functional groups attached to an aromatic ring is 1. The molecule has 2 aromatic carbocycles. The molecule has 2 N–H and O–H groups in total. The topological polar surface area (TPSA) is 26.0 Å². The Morgan fingerprint density at radius 2 is 1.56 bits per heavy atom. The van der Waals surface area contributed by atoms with Crippen LogP contribution in [0.2, 0.25) is 0 Å². The summed E-state index contributed by atoms with van der Waals surface area (Å²) in [5.74, 6) is -0.989. The zero-order valence-corrected chi connectivity index (χ0v) is 9.76. The quantitative estimate of drug-likeness (QED) is 0.788. The van der Waals surface area contributed by atoms with E-state index in [2.05, 4.69) is 15.9 Å². The average Bonchev–Trinajstić information content (AvgIpc) is 2.27. The molecule has 0 saturated heterocycles. The van der Waals surface area contributed by atoms with E-state index in [1.54, 1.807) is 24.3 Å². The molecule has 0 fully saturated rings. The van der Waals surface area contributed by atoms with Crippen LogP contribution in [-0.2, 0) is 0 Å². The lowest BCUT2D eigenvalue weighted by atomic mass is 10.0. The van der Waals surface area contributed by atoms with Crippen molar-refractivity contribution in [2.45, 2.75) is 0 Å². The molecule has 2 rings (SSSR count). The highest BCUT2D eigenvalue weighted by atomic mass is 79.9. The molecule has 82 valence electrons. The Labute approximate surface area is 100 Å². The van der Waals surface area contributed by atoms with Crippen LogP contribution in [0.1, 0.15) is 0 Å². The van der Waals surface area contributed by atoms with E-state index >= 15 is 0 Å². The van der Waals surface area contributed by atoms with Crippen LogP contribution in [0.25, 0.3) is 11.1 Å². The first-order chi connectivity index (χ1) is 7.61. The van der Waals surface area contributed by atoms with Crippen molar-refractivity contribution in [1.29, 1.82) is 0 Å². The van der Waals surface area contributed by atoms with Crippen molar-refractivity contribution in [3.8, 4) is 11.1 Å². The maximum atomic E-state index is 13.8. The molecule has 0 unspecified atom stereocenters. The number of hydrogen-bond donors (Lipinski definition) is 1. The first kappa shape index (κ1) is 11.1. The first-order valence-electron chi connectivity index (χ1n) is 4.59. The van der Waals surface area contributed by atoms with Crippen molar-refractivity contribution < 1.29 is 8.78 Å². The van der Waals surface area contributed by atoms with Gasteiger partial charge in [0.25, 0.3) is 0 Å². The third-order valence-corrected chi connectivity index (χ3v) is 2.91.